The van der Waals surface area contributed by atoms with Crippen molar-refractivity contribution < 1.29 is 0 Å². The van der Waals surface area contributed by atoms with E-state index in [9.17, 15) is 0 Å². The van der Waals surface area contributed by atoms with E-state index < -0.39 is 0 Å². The first kappa shape index (κ1) is 20.9. The third kappa shape index (κ3) is 5.86. The number of benzene rings is 1. The van der Waals surface area contributed by atoms with Crippen LogP contribution in [0.15, 0.2) is 36.7 Å². The zero-order valence-corrected chi connectivity index (χ0v) is 18.0. The predicted molar refractivity (Wildman–Crippen MR) is 122 cm³/mol. The fourth-order valence-corrected chi connectivity index (χ4v) is 3.51. The van der Waals surface area contributed by atoms with E-state index in [1.807, 2.05) is 30.5 Å². The van der Waals surface area contributed by atoms with Crippen molar-refractivity contribution in [2.45, 2.75) is 39.3 Å². The highest BCUT2D eigenvalue weighted by Crippen LogP contribution is 2.24. The summed E-state index contributed by atoms with van der Waals surface area (Å²) in [5, 5.41) is 6.81. The van der Waals surface area contributed by atoms with Crippen molar-refractivity contribution >= 4 is 0 Å². The van der Waals surface area contributed by atoms with E-state index >= 15 is 0 Å². The Kier molecular flexibility index (Phi) is 6.84. The van der Waals surface area contributed by atoms with Crippen molar-refractivity contribution in [2.75, 3.05) is 13.1 Å². The maximum atomic E-state index is 4.48. The second kappa shape index (κ2) is 10.1. The lowest BCUT2D eigenvalue weighted by Gasteiger charge is -2.05. The molecule has 6 heteroatoms. The summed E-state index contributed by atoms with van der Waals surface area (Å²) in [5.74, 6) is 15.2. The third-order valence-electron chi connectivity index (χ3n) is 5.19. The first-order valence-electron chi connectivity index (χ1n) is 10.9. The van der Waals surface area contributed by atoms with Crippen molar-refractivity contribution in [2.24, 2.45) is 5.92 Å². The van der Waals surface area contributed by atoms with Crippen molar-refractivity contribution in [3.63, 3.8) is 0 Å². The molecule has 1 aliphatic rings. The van der Waals surface area contributed by atoms with Crippen molar-refractivity contribution in [3.05, 3.63) is 70.8 Å². The van der Waals surface area contributed by atoms with Crippen molar-refractivity contribution in [1.82, 2.24) is 30.6 Å². The van der Waals surface area contributed by atoms with E-state index in [2.05, 4.69) is 68.1 Å². The minimum atomic E-state index is 0.307. The van der Waals surface area contributed by atoms with Gasteiger partial charge in [0.2, 0.25) is 0 Å². The molecular weight excluding hydrogens is 384 g/mol. The smallest absolute Gasteiger partial charge is 0.124 e. The molecule has 1 aliphatic heterocycles. The van der Waals surface area contributed by atoms with E-state index in [0.717, 1.165) is 66.6 Å². The highest BCUT2D eigenvalue weighted by Gasteiger charge is 2.23. The summed E-state index contributed by atoms with van der Waals surface area (Å²) in [6.07, 6.45) is 5.80. The van der Waals surface area contributed by atoms with Gasteiger partial charge in [-0.3, -0.25) is 0 Å². The van der Waals surface area contributed by atoms with Gasteiger partial charge in [-0.1, -0.05) is 25.7 Å². The van der Waals surface area contributed by atoms with Crippen LogP contribution in [0.1, 0.15) is 66.9 Å². The lowest BCUT2D eigenvalue weighted by atomic mass is 10.1. The summed E-state index contributed by atoms with van der Waals surface area (Å²) in [5.41, 5.74) is 3.54. The number of aromatic nitrogens is 4. The summed E-state index contributed by atoms with van der Waals surface area (Å²) in [4.78, 5) is 15.4. The largest absolute Gasteiger partial charge is 0.334 e. The molecule has 4 N–H and O–H groups in total. The van der Waals surface area contributed by atoms with Gasteiger partial charge in [0.15, 0.2) is 0 Å². The average Bonchev–Trinajstić information content (AvgIpc) is 3.53. The Bertz CT molecular complexity index is 1120. The molecule has 2 unspecified atom stereocenters. The zero-order valence-electron chi connectivity index (χ0n) is 18.0. The Morgan fingerprint density at radius 3 is 2.29 bits per heavy atom. The van der Waals surface area contributed by atoms with Crippen LogP contribution in [0.4, 0.5) is 0 Å². The number of nitrogens with zero attached hydrogens (tertiary/aromatic N) is 2. The zero-order chi connectivity index (χ0) is 21.5. The molecule has 31 heavy (non-hydrogen) atoms. The maximum Gasteiger partial charge on any atom is 0.124 e. The molecule has 158 valence electrons. The fourth-order valence-electron chi connectivity index (χ4n) is 3.51. The fraction of sp³-hybridized carbons (Fsp3) is 0.360. The second-order valence-electron chi connectivity index (χ2n) is 7.98. The Labute approximate surface area is 183 Å². The summed E-state index contributed by atoms with van der Waals surface area (Å²) in [7, 11) is 0. The summed E-state index contributed by atoms with van der Waals surface area (Å²) < 4.78 is 0. The lowest BCUT2D eigenvalue weighted by molar-refractivity contribution is 0.587. The number of H-pyrrole nitrogens is 2. The van der Waals surface area contributed by atoms with Crippen LogP contribution in [-0.2, 0) is 6.54 Å². The molecule has 1 fully saturated rings. The molecule has 3 heterocycles. The molecule has 2 atom stereocenters. The average molecular weight is 413 g/mol. The second-order valence-corrected chi connectivity index (χ2v) is 7.98. The van der Waals surface area contributed by atoms with Gasteiger partial charge in [0.05, 0.1) is 25.0 Å². The Morgan fingerprint density at radius 2 is 1.65 bits per heavy atom. The number of imidazole rings is 2. The Morgan fingerprint density at radius 1 is 0.968 bits per heavy atom. The number of rotatable bonds is 5. The van der Waals surface area contributed by atoms with E-state index in [-0.39, 0.29) is 0 Å². The Hall–Kier alpha value is -3.32. The molecule has 0 saturated carbocycles. The van der Waals surface area contributed by atoms with Crippen LogP contribution < -0.4 is 10.6 Å². The van der Waals surface area contributed by atoms with Gasteiger partial charge >= 0.3 is 0 Å². The van der Waals surface area contributed by atoms with Gasteiger partial charge in [0.25, 0.3) is 0 Å². The van der Waals surface area contributed by atoms with E-state index in [4.69, 9.17) is 0 Å². The van der Waals surface area contributed by atoms with Crippen LogP contribution in [0.25, 0.3) is 0 Å². The number of hydrogen-bond donors (Lipinski definition) is 4. The molecule has 1 saturated heterocycles. The minimum Gasteiger partial charge on any atom is -0.334 e. The predicted octanol–water partition coefficient (Wildman–Crippen LogP) is 3.10. The lowest BCUT2D eigenvalue weighted by Crippen LogP contribution is -2.14. The van der Waals surface area contributed by atoms with Gasteiger partial charge in [-0.05, 0) is 68.0 Å². The third-order valence-corrected chi connectivity index (χ3v) is 5.19. The van der Waals surface area contributed by atoms with Gasteiger partial charge in [-0.15, -0.1) is 0 Å². The van der Waals surface area contributed by atoms with E-state index in [1.165, 1.54) is 0 Å². The molecule has 6 nitrogen and oxygen atoms in total. The van der Waals surface area contributed by atoms with Crippen molar-refractivity contribution in [1.29, 1.82) is 0 Å². The van der Waals surface area contributed by atoms with Crippen LogP contribution in [0.5, 0.6) is 0 Å². The molecule has 0 radical (unpaired) electrons. The molecule has 4 rings (SSSR count). The molecular formula is C25H28N6. The highest BCUT2D eigenvalue weighted by atomic mass is 15.0. The molecule has 0 aliphatic carbocycles. The van der Waals surface area contributed by atoms with Gasteiger partial charge in [0, 0.05) is 11.1 Å². The van der Waals surface area contributed by atoms with Gasteiger partial charge in [0.1, 0.15) is 23.0 Å². The van der Waals surface area contributed by atoms with Gasteiger partial charge in [-0.25, -0.2) is 9.97 Å². The topological polar surface area (TPSA) is 81.4 Å². The SMILES string of the molecule is CCCNCc1ncc(C#Cc2ccc(C#Cc3cnc(C4CC(C)CN4)[nH]3)cc2)[nH]1. The summed E-state index contributed by atoms with van der Waals surface area (Å²) in [6.45, 7) is 7.15. The number of nitrogens with one attached hydrogen (secondary N) is 4. The highest BCUT2D eigenvalue weighted by molar-refractivity contribution is 5.45. The van der Waals surface area contributed by atoms with E-state index in [1.54, 1.807) is 6.20 Å². The van der Waals surface area contributed by atoms with Crippen LogP contribution >= 0.6 is 0 Å². The van der Waals surface area contributed by atoms with E-state index in [0.29, 0.717) is 12.0 Å². The molecule has 0 amide bonds. The quantitative estimate of drug-likeness (QED) is 0.383. The van der Waals surface area contributed by atoms with Gasteiger partial charge in [-0.2, -0.15) is 0 Å². The first-order chi connectivity index (χ1) is 15.2. The standard InChI is InChI=1S/C25H28N6/c1-3-12-26-17-24-28-15-21(30-24)10-8-19-4-6-20(7-5-19)9-11-22-16-29-25(31-22)23-13-18(2)14-27-23/h4-7,15-16,18,23,26-27H,3,12-14,17H2,1-2H3,(H,28,30)(H,29,31). The maximum absolute atomic E-state index is 4.48. The van der Waals surface area contributed by atoms with Crippen LogP contribution in [0.3, 0.4) is 0 Å². The normalized spacial score (nSPS) is 17.6. The van der Waals surface area contributed by atoms with Crippen molar-refractivity contribution in [3.8, 4) is 23.7 Å². The van der Waals surface area contributed by atoms with Crippen LogP contribution in [-0.4, -0.2) is 33.0 Å². The van der Waals surface area contributed by atoms with Crippen LogP contribution in [0.2, 0.25) is 0 Å². The summed E-state index contributed by atoms with van der Waals surface area (Å²) >= 11 is 0. The number of hydrogen-bond acceptors (Lipinski definition) is 4. The summed E-state index contributed by atoms with van der Waals surface area (Å²) in [6, 6.07) is 8.25. The minimum absolute atomic E-state index is 0.307. The molecule has 3 aromatic rings. The molecule has 1 aromatic carbocycles. The first-order valence-corrected chi connectivity index (χ1v) is 10.9. The molecule has 0 bridgehead atoms. The van der Waals surface area contributed by atoms with Gasteiger partial charge < -0.3 is 20.6 Å². The monoisotopic (exact) mass is 412 g/mol. The molecule has 2 aromatic heterocycles. The Balaban J connectivity index is 1.35. The van der Waals surface area contributed by atoms with Crippen LogP contribution in [0, 0.1) is 29.6 Å². The number of aromatic amines is 2. The molecule has 0 spiro atoms.